The number of fused-ring (bicyclic) bond motifs is 1. The van der Waals surface area contributed by atoms with E-state index in [1.807, 2.05) is 15.9 Å². The van der Waals surface area contributed by atoms with Gasteiger partial charge in [-0.2, -0.15) is 4.37 Å². The first-order valence-corrected chi connectivity index (χ1v) is 11.5. The first-order chi connectivity index (χ1) is 14.5. The maximum absolute atomic E-state index is 12.9. The Hall–Kier alpha value is -1.74. The summed E-state index contributed by atoms with van der Waals surface area (Å²) in [5.41, 5.74) is 0.809. The number of carbonyl (C=O) groups is 2. The molecule has 0 spiro atoms. The van der Waals surface area contributed by atoms with Crippen LogP contribution in [0.1, 0.15) is 24.6 Å². The summed E-state index contributed by atoms with van der Waals surface area (Å²) in [5, 5.41) is 1.87. The van der Waals surface area contributed by atoms with Gasteiger partial charge in [-0.1, -0.05) is 23.2 Å². The van der Waals surface area contributed by atoms with E-state index in [1.165, 1.54) is 11.5 Å². The number of benzene rings is 1. The van der Waals surface area contributed by atoms with Gasteiger partial charge >= 0.3 is 6.03 Å². The van der Waals surface area contributed by atoms with Crippen LogP contribution in [0, 0.1) is 5.92 Å². The van der Waals surface area contributed by atoms with Gasteiger partial charge < -0.3 is 14.5 Å². The van der Waals surface area contributed by atoms with Gasteiger partial charge in [-0.15, -0.1) is 0 Å². The van der Waals surface area contributed by atoms with E-state index in [4.69, 9.17) is 27.9 Å². The number of ketones is 1. The lowest BCUT2D eigenvalue weighted by molar-refractivity contribution is -0.140. The van der Waals surface area contributed by atoms with Crippen molar-refractivity contribution < 1.29 is 14.3 Å². The molecule has 0 unspecified atom stereocenters. The average molecular weight is 467 g/mol. The molecule has 1 aromatic carbocycles. The van der Waals surface area contributed by atoms with Crippen LogP contribution < -0.4 is 0 Å². The van der Waals surface area contributed by atoms with Gasteiger partial charge in [-0.3, -0.25) is 4.79 Å². The van der Waals surface area contributed by atoms with Crippen LogP contribution in [0.15, 0.2) is 18.2 Å². The number of amides is 2. The molecule has 0 aliphatic carbocycles. The molecule has 4 heterocycles. The maximum Gasteiger partial charge on any atom is 0.320 e. The van der Waals surface area contributed by atoms with Crippen molar-refractivity contribution in [3.05, 3.63) is 34.1 Å². The number of aromatic nitrogens is 2. The Labute approximate surface area is 188 Å². The van der Waals surface area contributed by atoms with Crippen molar-refractivity contribution in [3.63, 3.8) is 0 Å². The highest BCUT2D eigenvalue weighted by Gasteiger charge is 2.41. The molecule has 30 heavy (non-hydrogen) atoms. The van der Waals surface area contributed by atoms with Crippen LogP contribution in [0.25, 0.3) is 10.6 Å². The van der Waals surface area contributed by atoms with Crippen molar-refractivity contribution >= 4 is 46.5 Å². The zero-order chi connectivity index (χ0) is 20.8. The molecular weight excluding hydrogens is 447 g/mol. The topological polar surface area (TPSA) is 75.6 Å². The van der Waals surface area contributed by atoms with Crippen LogP contribution in [-0.4, -0.2) is 69.9 Å². The number of rotatable bonds is 2. The number of hydrogen-bond acceptors (Lipinski definition) is 6. The van der Waals surface area contributed by atoms with Crippen LogP contribution in [-0.2, 0) is 9.53 Å². The van der Waals surface area contributed by atoms with Gasteiger partial charge in [0.05, 0.1) is 17.0 Å². The number of urea groups is 1. The molecule has 0 bridgehead atoms. The number of Topliss-reactive ketones (excluding diaryl/α,β-unsaturated/α-hetero) is 1. The summed E-state index contributed by atoms with van der Waals surface area (Å²) >= 11 is 13.5. The summed E-state index contributed by atoms with van der Waals surface area (Å²) in [5.74, 6) is 1.12. The van der Waals surface area contributed by atoms with E-state index in [-0.39, 0.29) is 36.4 Å². The Morgan fingerprint density at radius 3 is 2.83 bits per heavy atom. The fraction of sp³-hybridized carbons (Fsp3) is 0.500. The van der Waals surface area contributed by atoms with E-state index in [2.05, 4.69) is 9.36 Å². The molecule has 3 aliphatic rings. The number of halogens is 2. The number of hydrogen-bond donors (Lipinski definition) is 0. The standard InChI is InChI=1S/C20H20Cl2N4O3S/c21-13-1-2-15(16(22)6-13)19-23-18(24-30-19)12-8-26(9-12)20(28)25-4-3-17-11(7-25)5-14(27)10-29-17/h1-2,6,11-12,17H,3-5,7-10H2/t11-,17+/m1/s1. The Balaban J connectivity index is 1.19. The number of ether oxygens (including phenoxy) is 1. The van der Waals surface area contributed by atoms with Crippen molar-refractivity contribution in [1.29, 1.82) is 0 Å². The first-order valence-electron chi connectivity index (χ1n) is 9.94. The molecule has 0 saturated carbocycles. The highest BCUT2D eigenvalue weighted by atomic mass is 35.5. The lowest BCUT2D eigenvalue weighted by Crippen LogP contribution is -2.58. The van der Waals surface area contributed by atoms with Crippen LogP contribution in [0.2, 0.25) is 10.0 Å². The summed E-state index contributed by atoms with van der Waals surface area (Å²) in [6, 6.07) is 5.34. The minimum absolute atomic E-state index is 0.0268. The Morgan fingerprint density at radius 2 is 2.03 bits per heavy atom. The van der Waals surface area contributed by atoms with Crippen molar-refractivity contribution in [3.8, 4) is 10.6 Å². The Bertz CT molecular complexity index is 994. The molecule has 2 aromatic rings. The van der Waals surface area contributed by atoms with Crippen LogP contribution >= 0.6 is 34.7 Å². The molecular formula is C20H20Cl2N4O3S. The third-order valence-corrected chi connectivity index (χ3v) is 7.31. The predicted octanol–water partition coefficient (Wildman–Crippen LogP) is 3.71. The fourth-order valence-electron chi connectivity index (χ4n) is 4.32. The van der Waals surface area contributed by atoms with Gasteiger partial charge in [0.15, 0.2) is 5.78 Å². The smallest absolute Gasteiger partial charge is 0.320 e. The molecule has 3 aliphatic heterocycles. The lowest BCUT2D eigenvalue weighted by atomic mass is 9.88. The number of nitrogens with zero attached hydrogens (tertiary/aromatic N) is 4. The highest BCUT2D eigenvalue weighted by molar-refractivity contribution is 7.09. The van der Waals surface area contributed by atoms with Crippen LogP contribution in [0.3, 0.4) is 0 Å². The normalized spacial score (nSPS) is 24.5. The average Bonchev–Trinajstić information content (AvgIpc) is 3.15. The van der Waals surface area contributed by atoms with E-state index in [9.17, 15) is 9.59 Å². The molecule has 1 aromatic heterocycles. The van der Waals surface area contributed by atoms with Crippen LogP contribution in [0.5, 0.6) is 0 Å². The lowest BCUT2D eigenvalue weighted by Gasteiger charge is -2.45. The molecule has 2 amide bonds. The predicted molar refractivity (Wildman–Crippen MR) is 114 cm³/mol. The first kappa shape index (κ1) is 20.2. The third kappa shape index (κ3) is 3.82. The van der Waals surface area contributed by atoms with Crippen molar-refractivity contribution in [2.24, 2.45) is 5.92 Å². The SMILES string of the molecule is O=C1CO[C@H]2CCN(C(=O)N3CC(c4nsc(-c5ccc(Cl)cc5Cl)n4)C3)C[C@H]2C1. The van der Waals surface area contributed by atoms with Gasteiger partial charge in [0.2, 0.25) is 0 Å². The molecule has 2 atom stereocenters. The summed E-state index contributed by atoms with van der Waals surface area (Å²) in [6.45, 7) is 2.67. The van der Waals surface area contributed by atoms with Crippen molar-refractivity contribution in [1.82, 2.24) is 19.2 Å². The molecule has 0 N–H and O–H groups in total. The van der Waals surface area contributed by atoms with E-state index in [1.54, 1.807) is 12.1 Å². The number of carbonyl (C=O) groups excluding carboxylic acids is 2. The zero-order valence-corrected chi connectivity index (χ0v) is 18.4. The fourth-order valence-corrected chi connectivity index (χ4v) is 5.66. The molecule has 7 nitrogen and oxygen atoms in total. The minimum atomic E-state index is 0.0268. The Morgan fingerprint density at radius 1 is 1.20 bits per heavy atom. The molecule has 0 radical (unpaired) electrons. The third-order valence-electron chi connectivity index (χ3n) is 6.00. The molecule has 3 fully saturated rings. The summed E-state index contributed by atoms with van der Waals surface area (Å²) < 4.78 is 10.1. The van der Waals surface area contributed by atoms with E-state index >= 15 is 0 Å². The second-order valence-corrected chi connectivity index (χ2v) is 9.65. The summed E-state index contributed by atoms with van der Waals surface area (Å²) in [7, 11) is 0. The second-order valence-electron chi connectivity index (χ2n) is 8.05. The second kappa shape index (κ2) is 8.07. The zero-order valence-electron chi connectivity index (χ0n) is 16.1. The van der Waals surface area contributed by atoms with Gasteiger partial charge in [0.1, 0.15) is 17.4 Å². The van der Waals surface area contributed by atoms with Crippen molar-refractivity contribution in [2.45, 2.75) is 24.9 Å². The quantitative estimate of drug-likeness (QED) is 0.673. The molecule has 10 heteroatoms. The summed E-state index contributed by atoms with van der Waals surface area (Å²) in [6.07, 6.45) is 1.41. The van der Waals surface area contributed by atoms with Gasteiger partial charge in [-0.25, -0.2) is 9.78 Å². The van der Waals surface area contributed by atoms with Crippen molar-refractivity contribution in [2.75, 3.05) is 32.8 Å². The number of likely N-dealkylation sites (tertiary alicyclic amines) is 2. The molecule has 158 valence electrons. The molecule has 5 rings (SSSR count). The number of piperidine rings is 1. The van der Waals surface area contributed by atoms with Gasteiger partial charge in [-0.05, 0) is 36.2 Å². The van der Waals surface area contributed by atoms with Gasteiger partial charge in [0, 0.05) is 49.1 Å². The monoisotopic (exact) mass is 466 g/mol. The maximum atomic E-state index is 12.9. The largest absolute Gasteiger partial charge is 0.370 e. The van der Waals surface area contributed by atoms with E-state index in [0.717, 1.165) is 22.8 Å². The van der Waals surface area contributed by atoms with E-state index in [0.29, 0.717) is 42.6 Å². The highest BCUT2D eigenvalue weighted by Crippen LogP contribution is 2.35. The minimum Gasteiger partial charge on any atom is -0.370 e. The molecule has 3 saturated heterocycles. The summed E-state index contributed by atoms with van der Waals surface area (Å²) in [4.78, 5) is 32.9. The van der Waals surface area contributed by atoms with E-state index < -0.39 is 0 Å². The van der Waals surface area contributed by atoms with Crippen LogP contribution in [0.4, 0.5) is 4.79 Å². The van der Waals surface area contributed by atoms with Gasteiger partial charge in [0.25, 0.3) is 0 Å². The Kier molecular flexibility index (Phi) is 5.43.